The Balaban J connectivity index is 3.47. The first-order chi connectivity index (χ1) is 5.70. The van der Waals surface area contributed by atoms with E-state index in [9.17, 15) is 14.7 Å². The molecule has 0 aromatic rings. The van der Waals surface area contributed by atoms with Gasteiger partial charge in [0.2, 0.25) is 5.91 Å². The van der Waals surface area contributed by atoms with Crippen molar-refractivity contribution in [1.82, 2.24) is 5.32 Å². The van der Waals surface area contributed by atoms with Gasteiger partial charge in [0, 0.05) is 6.54 Å². The Morgan fingerprint density at radius 1 is 1.42 bits per heavy atom. The summed E-state index contributed by atoms with van der Waals surface area (Å²) in [6.45, 7) is 1.59. The minimum absolute atomic E-state index is 0.0538. The fraction of sp³-hybridized carbons (Fsp3) is 0.714. The van der Waals surface area contributed by atoms with Gasteiger partial charge in [-0.15, -0.1) is 0 Å². The lowest BCUT2D eigenvalue weighted by molar-refractivity contribution is -0.146. The average molecular weight is 174 g/mol. The minimum atomic E-state index is -0.569. The summed E-state index contributed by atoms with van der Waals surface area (Å²) in [6, 6.07) is 0. The van der Waals surface area contributed by atoms with Crippen LogP contribution in [0.1, 0.15) is 13.3 Å². The largest absolute Gasteiger partial charge is 0.466 e. The molecular formula is C7H12NO4. The van der Waals surface area contributed by atoms with Crippen LogP contribution in [0.4, 0.5) is 0 Å². The quantitative estimate of drug-likeness (QED) is 0.450. The summed E-state index contributed by atoms with van der Waals surface area (Å²) in [5, 5.41) is 12.2. The Labute approximate surface area is 70.7 Å². The van der Waals surface area contributed by atoms with Crippen LogP contribution in [-0.4, -0.2) is 31.6 Å². The summed E-state index contributed by atoms with van der Waals surface area (Å²) < 4.78 is 4.51. The second kappa shape index (κ2) is 6.60. The van der Waals surface area contributed by atoms with Crippen LogP contribution in [0, 0.1) is 0 Å². The van der Waals surface area contributed by atoms with Crippen LogP contribution in [0.25, 0.3) is 0 Å². The third-order valence-electron chi connectivity index (χ3n) is 1.03. The Hall–Kier alpha value is -1.10. The number of nitrogens with one attached hydrogen (secondary N) is 1. The fourth-order valence-corrected chi connectivity index (χ4v) is 0.596. The van der Waals surface area contributed by atoms with E-state index >= 15 is 0 Å². The monoisotopic (exact) mass is 174 g/mol. The Bertz CT molecular complexity index is 157. The van der Waals surface area contributed by atoms with E-state index in [1.54, 1.807) is 6.92 Å². The highest BCUT2D eigenvalue weighted by Gasteiger charge is 2.08. The third-order valence-corrected chi connectivity index (χ3v) is 1.03. The van der Waals surface area contributed by atoms with E-state index in [1.165, 1.54) is 0 Å². The van der Waals surface area contributed by atoms with Crippen molar-refractivity contribution >= 4 is 11.9 Å². The van der Waals surface area contributed by atoms with Gasteiger partial charge in [0.05, 0.1) is 13.2 Å². The summed E-state index contributed by atoms with van der Waals surface area (Å²) in [6.07, 6.45) is -0.312. The van der Waals surface area contributed by atoms with E-state index in [4.69, 9.17) is 0 Å². The van der Waals surface area contributed by atoms with Gasteiger partial charge in [-0.3, -0.25) is 9.59 Å². The molecule has 0 aromatic heterocycles. The predicted molar refractivity (Wildman–Crippen MR) is 39.8 cm³/mol. The van der Waals surface area contributed by atoms with E-state index in [2.05, 4.69) is 10.1 Å². The van der Waals surface area contributed by atoms with E-state index in [-0.39, 0.29) is 26.2 Å². The molecule has 0 spiro atoms. The SMILES string of the molecule is CCOC(=O)CC(=O)NCC[O]. The van der Waals surface area contributed by atoms with Crippen LogP contribution in [0.5, 0.6) is 0 Å². The molecule has 0 aliphatic heterocycles. The molecule has 0 atom stereocenters. The molecule has 5 heteroatoms. The molecule has 0 unspecified atom stereocenters. The van der Waals surface area contributed by atoms with Gasteiger partial charge in [-0.05, 0) is 6.92 Å². The Morgan fingerprint density at radius 2 is 2.08 bits per heavy atom. The standard InChI is InChI=1S/C7H12NO4/c1-2-12-7(11)5-6(10)8-3-4-9/h2-5H2,1H3,(H,8,10). The Kier molecular flexibility index (Phi) is 6.00. The number of amides is 1. The highest BCUT2D eigenvalue weighted by atomic mass is 16.5. The van der Waals surface area contributed by atoms with E-state index in [0.29, 0.717) is 0 Å². The van der Waals surface area contributed by atoms with Gasteiger partial charge < -0.3 is 10.1 Å². The maximum Gasteiger partial charge on any atom is 0.315 e. The van der Waals surface area contributed by atoms with Crippen molar-refractivity contribution in [2.45, 2.75) is 13.3 Å². The Morgan fingerprint density at radius 3 is 2.58 bits per heavy atom. The second-order valence-electron chi connectivity index (χ2n) is 2.04. The number of carbonyl (C=O) groups excluding carboxylic acids is 2. The maximum absolute atomic E-state index is 10.7. The van der Waals surface area contributed by atoms with Gasteiger partial charge in [0.15, 0.2) is 0 Å². The van der Waals surface area contributed by atoms with E-state index < -0.39 is 11.9 Å². The summed E-state index contributed by atoms with van der Waals surface area (Å²) in [7, 11) is 0. The molecule has 5 nitrogen and oxygen atoms in total. The molecular weight excluding hydrogens is 162 g/mol. The molecule has 0 rings (SSSR count). The first-order valence-corrected chi connectivity index (χ1v) is 3.71. The molecule has 1 N–H and O–H groups in total. The number of hydrogen-bond donors (Lipinski definition) is 1. The van der Waals surface area contributed by atoms with Crippen LogP contribution < -0.4 is 5.32 Å². The van der Waals surface area contributed by atoms with Gasteiger partial charge in [-0.2, -0.15) is 0 Å². The van der Waals surface area contributed by atoms with Crippen molar-refractivity contribution in [3.63, 3.8) is 0 Å². The van der Waals surface area contributed by atoms with Crippen LogP contribution in [-0.2, 0) is 19.4 Å². The highest BCUT2D eigenvalue weighted by molar-refractivity contribution is 5.94. The number of hydrogen-bond acceptors (Lipinski definition) is 3. The number of esters is 1. The van der Waals surface area contributed by atoms with E-state index in [0.717, 1.165) is 0 Å². The lowest BCUT2D eigenvalue weighted by Crippen LogP contribution is -2.28. The topological polar surface area (TPSA) is 75.3 Å². The van der Waals surface area contributed by atoms with Crippen LogP contribution >= 0.6 is 0 Å². The molecule has 1 radical (unpaired) electrons. The van der Waals surface area contributed by atoms with Crippen LogP contribution in [0.3, 0.4) is 0 Å². The smallest absolute Gasteiger partial charge is 0.315 e. The predicted octanol–water partition coefficient (Wildman–Crippen LogP) is -0.514. The highest BCUT2D eigenvalue weighted by Crippen LogP contribution is 1.85. The van der Waals surface area contributed by atoms with Gasteiger partial charge >= 0.3 is 5.97 Å². The second-order valence-corrected chi connectivity index (χ2v) is 2.04. The van der Waals surface area contributed by atoms with Gasteiger partial charge in [0.1, 0.15) is 6.42 Å². The zero-order valence-corrected chi connectivity index (χ0v) is 6.96. The summed E-state index contributed by atoms with van der Waals surface area (Å²) >= 11 is 0. The third kappa shape index (κ3) is 5.67. The van der Waals surface area contributed by atoms with Crippen molar-refractivity contribution in [2.24, 2.45) is 0 Å². The van der Waals surface area contributed by atoms with Crippen molar-refractivity contribution in [3.05, 3.63) is 0 Å². The van der Waals surface area contributed by atoms with Gasteiger partial charge in [-0.1, -0.05) is 0 Å². The molecule has 0 aliphatic carbocycles. The summed E-state index contributed by atoms with van der Waals surface area (Å²) in [5.41, 5.74) is 0. The maximum atomic E-state index is 10.7. The average Bonchev–Trinajstić information content (AvgIpc) is 2.01. The van der Waals surface area contributed by atoms with Crippen LogP contribution in [0.2, 0.25) is 0 Å². The van der Waals surface area contributed by atoms with Crippen molar-refractivity contribution in [3.8, 4) is 0 Å². The molecule has 0 fully saturated rings. The number of rotatable bonds is 5. The van der Waals surface area contributed by atoms with Gasteiger partial charge in [0.25, 0.3) is 0 Å². The molecule has 0 saturated heterocycles. The lowest BCUT2D eigenvalue weighted by Gasteiger charge is -2.01. The molecule has 0 bridgehead atoms. The van der Waals surface area contributed by atoms with E-state index in [1.807, 2.05) is 0 Å². The zero-order valence-electron chi connectivity index (χ0n) is 6.96. The molecule has 0 saturated carbocycles. The number of carbonyl (C=O) groups is 2. The molecule has 0 aromatic carbocycles. The molecule has 1 amide bonds. The summed E-state index contributed by atoms with van der Waals surface area (Å²) in [5.74, 6) is -1.04. The van der Waals surface area contributed by atoms with Crippen molar-refractivity contribution in [1.29, 1.82) is 0 Å². The van der Waals surface area contributed by atoms with Gasteiger partial charge in [-0.25, -0.2) is 5.11 Å². The zero-order chi connectivity index (χ0) is 9.40. The molecule has 12 heavy (non-hydrogen) atoms. The normalized spacial score (nSPS) is 9.17. The first kappa shape index (κ1) is 10.9. The van der Waals surface area contributed by atoms with Crippen LogP contribution in [0.15, 0.2) is 0 Å². The molecule has 69 valence electrons. The van der Waals surface area contributed by atoms with Crippen molar-refractivity contribution in [2.75, 3.05) is 19.8 Å². The summed E-state index contributed by atoms with van der Waals surface area (Å²) in [4.78, 5) is 21.4. The fourth-order valence-electron chi connectivity index (χ4n) is 0.596. The molecule has 0 heterocycles. The minimum Gasteiger partial charge on any atom is -0.466 e. The lowest BCUT2D eigenvalue weighted by atomic mass is 10.4. The van der Waals surface area contributed by atoms with Crippen molar-refractivity contribution < 1.29 is 19.4 Å². The molecule has 0 aliphatic rings. The number of ether oxygens (including phenoxy) is 1. The first-order valence-electron chi connectivity index (χ1n) is 3.71.